The first-order valence-electron chi connectivity index (χ1n) is 6.64. The van der Waals surface area contributed by atoms with Gasteiger partial charge < -0.3 is 9.47 Å². The van der Waals surface area contributed by atoms with Crippen molar-refractivity contribution < 1.29 is 14.3 Å². The second-order valence-corrected chi connectivity index (χ2v) is 4.65. The van der Waals surface area contributed by atoms with Gasteiger partial charge in [-0.3, -0.25) is 4.57 Å². The fourth-order valence-corrected chi connectivity index (χ4v) is 2.18. The number of nitrogens with zero attached hydrogens (tertiary/aromatic N) is 1. The Balaban J connectivity index is 1.81. The van der Waals surface area contributed by atoms with E-state index in [4.69, 9.17) is 9.47 Å². The van der Waals surface area contributed by atoms with Crippen LogP contribution in [0, 0.1) is 0 Å². The molecular formula is C17H15NO3. The molecule has 3 rings (SSSR count). The lowest BCUT2D eigenvalue weighted by atomic mass is 10.2. The molecule has 0 aliphatic carbocycles. The third kappa shape index (κ3) is 2.74. The quantitative estimate of drug-likeness (QED) is 0.732. The van der Waals surface area contributed by atoms with Crippen LogP contribution in [-0.4, -0.2) is 17.8 Å². The number of rotatable bonds is 3. The van der Waals surface area contributed by atoms with Gasteiger partial charge >= 0.3 is 6.09 Å². The number of carbonyl (C=O) groups is 1. The van der Waals surface area contributed by atoms with E-state index in [9.17, 15) is 4.79 Å². The van der Waals surface area contributed by atoms with E-state index in [0.717, 1.165) is 16.5 Å². The van der Waals surface area contributed by atoms with Crippen LogP contribution in [0.5, 0.6) is 5.75 Å². The minimum atomic E-state index is -0.401. The summed E-state index contributed by atoms with van der Waals surface area (Å²) in [7, 11) is 1.60. The molecule has 0 spiro atoms. The molecule has 0 aliphatic heterocycles. The van der Waals surface area contributed by atoms with Crippen LogP contribution < -0.4 is 4.74 Å². The summed E-state index contributed by atoms with van der Waals surface area (Å²) in [4.78, 5) is 12.2. The van der Waals surface area contributed by atoms with Crippen LogP contribution in [0.25, 0.3) is 10.9 Å². The van der Waals surface area contributed by atoms with Crippen LogP contribution in [0.3, 0.4) is 0 Å². The van der Waals surface area contributed by atoms with E-state index in [0.29, 0.717) is 5.75 Å². The summed E-state index contributed by atoms with van der Waals surface area (Å²) in [6, 6.07) is 17.1. The predicted octanol–water partition coefficient (Wildman–Crippen LogP) is 3.83. The summed E-state index contributed by atoms with van der Waals surface area (Å²) < 4.78 is 12.0. The number of fused-ring (bicyclic) bond motifs is 1. The minimum absolute atomic E-state index is 0.253. The zero-order valence-corrected chi connectivity index (χ0v) is 11.7. The molecule has 0 bridgehead atoms. The van der Waals surface area contributed by atoms with E-state index in [1.807, 2.05) is 54.6 Å². The zero-order chi connectivity index (χ0) is 14.7. The number of hydrogen-bond acceptors (Lipinski definition) is 3. The molecule has 2 aromatic carbocycles. The molecule has 0 atom stereocenters. The Morgan fingerprint density at radius 3 is 2.67 bits per heavy atom. The van der Waals surface area contributed by atoms with Crippen LogP contribution in [0.15, 0.2) is 60.8 Å². The maximum atomic E-state index is 12.2. The average Bonchev–Trinajstić information content (AvgIpc) is 2.96. The fourth-order valence-electron chi connectivity index (χ4n) is 2.18. The molecular weight excluding hydrogens is 266 g/mol. The van der Waals surface area contributed by atoms with Crippen LogP contribution in [0.1, 0.15) is 5.56 Å². The first kappa shape index (κ1) is 13.2. The number of aromatic nitrogens is 1. The van der Waals surface area contributed by atoms with Crippen molar-refractivity contribution in [3.05, 3.63) is 66.4 Å². The van der Waals surface area contributed by atoms with Crippen molar-refractivity contribution >= 4 is 17.0 Å². The lowest BCUT2D eigenvalue weighted by Crippen LogP contribution is -2.12. The molecule has 3 aromatic rings. The Bertz CT molecular complexity index is 762. The molecule has 106 valence electrons. The van der Waals surface area contributed by atoms with Crippen molar-refractivity contribution in [2.75, 3.05) is 7.11 Å². The molecule has 0 unspecified atom stereocenters. The lowest BCUT2D eigenvalue weighted by molar-refractivity contribution is 0.142. The highest BCUT2D eigenvalue weighted by Gasteiger charge is 2.11. The molecule has 0 saturated carbocycles. The van der Waals surface area contributed by atoms with Crippen molar-refractivity contribution in [1.29, 1.82) is 0 Å². The van der Waals surface area contributed by atoms with E-state index in [2.05, 4.69) is 0 Å². The summed E-state index contributed by atoms with van der Waals surface area (Å²) in [6.45, 7) is 0.253. The van der Waals surface area contributed by atoms with E-state index < -0.39 is 6.09 Å². The fraction of sp³-hybridized carbons (Fsp3) is 0.118. The van der Waals surface area contributed by atoms with Gasteiger partial charge in [0.15, 0.2) is 0 Å². The van der Waals surface area contributed by atoms with E-state index in [-0.39, 0.29) is 6.61 Å². The van der Waals surface area contributed by atoms with Gasteiger partial charge in [-0.05, 0) is 23.8 Å². The summed E-state index contributed by atoms with van der Waals surface area (Å²) in [5.41, 5.74) is 1.73. The third-order valence-corrected chi connectivity index (χ3v) is 3.30. The predicted molar refractivity (Wildman–Crippen MR) is 80.5 cm³/mol. The summed E-state index contributed by atoms with van der Waals surface area (Å²) >= 11 is 0. The summed E-state index contributed by atoms with van der Waals surface area (Å²) in [6.07, 6.45) is 1.30. The van der Waals surface area contributed by atoms with E-state index >= 15 is 0 Å². The molecule has 4 nitrogen and oxygen atoms in total. The number of hydrogen-bond donors (Lipinski definition) is 0. The highest BCUT2D eigenvalue weighted by atomic mass is 16.5. The normalized spacial score (nSPS) is 10.5. The topological polar surface area (TPSA) is 40.5 Å². The average molecular weight is 281 g/mol. The van der Waals surface area contributed by atoms with Gasteiger partial charge in [0.25, 0.3) is 0 Å². The molecule has 4 heteroatoms. The highest BCUT2D eigenvalue weighted by molar-refractivity contribution is 5.90. The first-order chi connectivity index (χ1) is 10.3. The van der Waals surface area contributed by atoms with Crippen molar-refractivity contribution in [2.45, 2.75) is 6.61 Å². The number of carbonyl (C=O) groups excluding carboxylic acids is 1. The van der Waals surface area contributed by atoms with Gasteiger partial charge in [-0.1, -0.05) is 30.3 Å². The van der Waals surface area contributed by atoms with Gasteiger partial charge in [-0.15, -0.1) is 0 Å². The van der Waals surface area contributed by atoms with Crippen molar-refractivity contribution in [3.63, 3.8) is 0 Å². The lowest BCUT2D eigenvalue weighted by Gasteiger charge is -2.07. The van der Waals surface area contributed by atoms with Gasteiger partial charge in [-0.2, -0.15) is 0 Å². The van der Waals surface area contributed by atoms with Crippen molar-refractivity contribution in [1.82, 2.24) is 4.57 Å². The van der Waals surface area contributed by atoms with Crippen LogP contribution in [0.4, 0.5) is 4.79 Å². The zero-order valence-electron chi connectivity index (χ0n) is 11.7. The number of ether oxygens (including phenoxy) is 2. The van der Waals surface area contributed by atoms with Crippen LogP contribution in [-0.2, 0) is 11.3 Å². The largest absolute Gasteiger partial charge is 0.497 e. The maximum Gasteiger partial charge on any atom is 0.418 e. The van der Waals surface area contributed by atoms with Gasteiger partial charge in [0, 0.05) is 17.6 Å². The second kappa shape index (κ2) is 5.71. The molecule has 0 radical (unpaired) electrons. The summed E-state index contributed by atoms with van der Waals surface area (Å²) in [5, 5.41) is 0.965. The molecule has 0 fully saturated rings. The molecule has 21 heavy (non-hydrogen) atoms. The van der Waals surface area contributed by atoms with Crippen LogP contribution in [0.2, 0.25) is 0 Å². The Morgan fingerprint density at radius 2 is 1.90 bits per heavy atom. The highest BCUT2D eigenvalue weighted by Crippen LogP contribution is 2.22. The monoisotopic (exact) mass is 281 g/mol. The smallest absolute Gasteiger partial charge is 0.418 e. The van der Waals surface area contributed by atoms with Gasteiger partial charge in [0.1, 0.15) is 12.4 Å². The molecule has 0 saturated heterocycles. The van der Waals surface area contributed by atoms with E-state index in [1.54, 1.807) is 13.3 Å². The first-order valence-corrected chi connectivity index (χ1v) is 6.64. The minimum Gasteiger partial charge on any atom is -0.497 e. The molecule has 1 heterocycles. The summed E-state index contributed by atoms with van der Waals surface area (Å²) in [5.74, 6) is 0.707. The number of benzene rings is 2. The van der Waals surface area contributed by atoms with Crippen molar-refractivity contribution in [3.8, 4) is 5.75 Å². The van der Waals surface area contributed by atoms with Gasteiger partial charge in [-0.25, -0.2) is 4.79 Å². The van der Waals surface area contributed by atoms with Crippen LogP contribution >= 0.6 is 0 Å². The number of methoxy groups -OCH3 is 1. The van der Waals surface area contributed by atoms with E-state index in [1.165, 1.54) is 4.57 Å². The SMILES string of the molecule is COc1ccc2ccn(C(=O)OCc3ccccc3)c2c1. The molecule has 0 amide bonds. The molecule has 0 N–H and O–H groups in total. The van der Waals surface area contributed by atoms with Crippen molar-refractivity contribution in [2.24, 2.45) is 0 Å². The Morgan fingerprint density at radius 1 is 1.10 bits per heavy atom. The Labute approximate surface area is 122 Å². The van der Waals surface area contributed by atoms with Gasteiger partial charge in [0.05, 0.1) is 12.6 Å². The standard InChI is InChI=1S/C17H15NO3/c1-20-15-8-7-14-9-10-18(16(14)11-15)17(19)21-12-13-5-3-2-4-6-13/h2-11H,12H2,1H3. The van der Waals surface area contributed by atoms with Gasteiger partial charge in [0.2, 0.25) is 0 Å². The molecule has 1 aromatic heterocycles. The Hall–Kier alpha value is -2.75. The molecule has 0 aliphatic rings. The maximum absolute atomic E-state index is 12.2. The second-order valence-electron chi connectivity index (χ2n) is 4.65. The Kier molecular flexibility index (Phi) is 3.60. The third-order valence-electron chi connectivity index (χ3n) is 3.30.